The van der Waals surface area contributed by atoms with Crippen LogP contribution in [0.2, 0.25) is 0 Å². The zero-order valence-corrected chi connectivity index (χ0v) is 6.41. The first kappa shape index (κ1) is 8.84. The van der Waals surface area contributed by atoms with E-state index in [0.717, 1.165) is 0 Å². The van der Waals surface area contributed by atoms with Gasteiger partial charge in [-0.3, -0.25) is 0 Å². The minimum atomic E-state index is -3.95. The van der Waals surface area contributed by atoms with Gasteiger partial charge in [-0.15, -0.1) is 0 Å². The Kier molecular flexibility index (Phi) is 2.42. The molecule has 0 amide bonds. The van der Waals surface area contributed by atoms with E-state index in [1.165, 1.54) is 0 Å². The fourth-order valence-electron chi connectivity index (χ4n) is 1.30. The second kappa shape index (κ2) is 3.01. The van der Waals surface area contributed by atoms with Gasteiger partial charge in [0.25, 0.3) is 0 Å². The normalized spacial score (nSPS) is 30.5. The Morgan fingerprint density at radius 2 is 2.09 bits per heavy atom. The third kappa shape index (κ3) is 2.36. The molecule has 1 nitrogen and oxygen atoms in total. The van der Waals surface area contributed by atoms with Crippen molar-refractivity contribution in [1.82, 2.24) is 5.32 Å². The minimum Gasteiger partial charge on any atom is -0.320 e. The van der Waals surface area contributed by atoms with Crippen LogP contribution in [-0.2, 0) is 0 Å². The van der Waals surface area contributed by atoms with Crippen molar-refractivity contribution in [2.24, 2.45) is 11.8 Å². The second-order valence-electron chi connectivity index (χ2n) is 3.04. The van der Waals surface area contributed by atoms with Gasteiger partial charge < -0.3 is 5.32 Å². The largest absolute Gasteiger partial charge is 0.392 e. The van der Waals surface area contributed by atoms with Gasteiger partial charge in [-0.2, -0.15) is 13.2 Å². The second-order valence-corrected chi connectivity index (χ2v) is 3.04. The quantitative estimate of drug-likeness (QED) is 0.675. The third-order valence-electron chi connectivity index (χ3n) is 2.11. The van der Waals surface area contributed by atoms with Gasteiger partial charge in [0.1, 0.15) is 0 Å². The highest BCUT2D eigenvalue weighted by Gasteiger charge is 2.54. The van der Waals surface area contributed by atoms with E-state index in [1.807, 2.05) is 0 Å². The van der Waals surface area contributed by atoms with Crippen molar-refractivity contribution in [2.75, 3.05) is 13.6 Å². The first-order chi connectivity index (χ1) is 5.05. The third-order valence-corrected chi connectivity index (χ3v) is 2.11. The minimum absolute atomic E-state index is 0.109. The Morgan fingerprint density at radius 1 is 1.45 bits per heavy atom. The van der Waals surface area contributed by atoms with Crippen molar-refractivity contribution in [3.63, 3.8) is 0 Å². The van der Waals surface area contributed by atoms with Gasteiger partial charge in [-0.1, -0.05) is 0 Å². The van der Waals surface area contributed by atoms with Gasteiger partial charge in [0.2, 0.25) is 0 Å². The van der Waals surface area contributed by atoms with E-state index >= 15 is 0 Å². The molecule has 11 heavy (non-hydrogen) atoms. The molecule has 0 bridgehead atoms. The summed E-state index contributed by atoms with van der Waals surface area (Å²) in [5, 5.41) is 2.84. The summed E-state index contributed by atoms with van der Waals surface area (Å²) in [5.41, 5.74) is 0. The summed E-state index contributed by atoms with van der Waals surface area (Å²) in [6, 6.07) is 0. The number of alkyl halides is 3. The summed E-state index contributed by atoms with van der Waals surface area (Å²) >= 11 is 0. The van der Waals surface area contributed by atoms with Crippen molar-refractivity contribution in [3.05, 3.63) is 0 Å². The zero-order valence-electron chi connectivity index (χ0n) is 6.41. The van der Waals surface area contributed by atoms with E-state index in [1.54, 1.807) is 7.05 Å². The van der Waals surface area contributed by atoms with E-state index in [2.05, 4.69) is 5.32 Å². The van der Waals surface area contributed by atoms with Gasteiger partial charge >= 0.3 is 6.18 Å². The maximum atomic E-state index is 11.9. The number of hydrogen-bond acceptors (Lipinski definition) is 1. The SMILES string of the molecule is CNCC[C@@H]1C[C@H]1C(F)(F)F. The van der Waals surface area contributed by atoms with Crippen LogP contribution in [0.4, 0.5) is 13.2 Å². The lowest BCUT2D eigenvalue weighted by molar-refractivity contribution is -0.151. The summed E-state index contributed by atoms with van der Waals surface area (Å²) in [6.45, 7) is 0.692. The molecule has 1 aliphatic rings. The van der Waals surface area contributed by atoms with Crippen LogP contribution >= 0.6 is 0 Å². The van der Waals surface area contributed by atoms with Crippen LogP contribution in [-0.4, -0.2) is 19.8 Å². The molecule has 0 aliphatic heterocycles. The van der Waals surface area contributed by atoms with Crippen LogP contribution in [0.1, 0.15) is 12.8 Å². The van der Waals surface area contributed by atoms with Crippen molar-refractivity contribution in [2.45, 2.75) is 19.0 Å². The van der Waals surface area contributed by atoms with Gasteiger partial charge in [0, 0.05) is 0 Å². The van der Waals surface area contributed by atoms with Crippen LogP contribution in [0.15, 0.2) is 0 Å². The lowest BCUT2D eigenvalue weighted by Gasteiger charge is -2.04. The predicted molar refractivity (Wildman–Crippen MR) is 36.2 cm³/mol. The van der Waals surface area contributed by atoms with Crippen LogP contribution in [0.25, 0.3) is 0 Å². The van der Waals surface area contributed by atoms with E-state index in [0.29, 0.717) is 19.4 Å². The molecular formula is C7H12F3N. The maximum absolute atomic E-state index is 11.9. The van der Waals surface area contributed by atoms with Gasteiger partial charge in [-0.25, -0.2) is 0 Å². The van der Waals surface area contributed by atoms with Crippen LogP contribution in [0.3, 0.4) is 0 Å². The predicted octanol–water partition coefficient (Wildman–Crippen LogP) is 1.79. The summed E-state index contributed by atoms with van der Waals surface area (Å²) < 4.78 is 35.7. The Hall–Kier alpha value is -0.250. The molecule has 0 saturated heterocycles. The van der Waals surface area contributed by atoms with Gasteiger partial charge in [0.05, 0.1) is 5.92 Å². The Morgan fingerprint density at radius 3 is 2.45 bits per heavy atom. The molecule has 0 aromatic carbocycles. The summed E-state index contributed by atoms with van der Waals surface area (Å²) in [6.07, 6.45) is -2.95. The highest BCUT2D eigenvalue weighted by molar-refractivity contribution is 4.91. The molecule has 66 valence electrons. The Bertz CT molecular complexity index is 132. The topological polar surface area (TPSA) is 12.0 Å². The Labute approximate surface area is 64.0 Å². The maximum Gasteiger partial charge on any atom is 0.392 e. The first-order valence-electron chi connectivity index (χ1n) is 3.77. The van der Waals surface area contributed by atoms with Crippen LogP contribution in [0, 0.1) is 11.8 Å². The Balaban J connectivity index is 2.16. The fourth-order valence-corrected chi connectivity index (χ4v) is 1.30. The molecule has 1 aliphatic carbocycles. The van der Waals surface area contributed by atoms with E-state index in [9.17, 15) is 13.2 Å². The summed E-state index contributed by atoms with van der Waals surface area (Å²) in [4.78, 5) is 0. The monoisotopic (exact) mass is 167 g/mol. The lowest BCUT2D eigenvalue weighted by Crippen LogP contribution is -2.14. The average Bonchev–Trinajstić information content (AvgIpc) is 2.60. The highest BCUT2D eigenvalue weighted by Crippen LogP contribution is 2.51. The van der Waals surface area contributed by atoms with Crippen LogP contribution in [0.5, 0.6) is 0 Å². The first-order valence-corrected chi connectivity index (χ1v) is 3.77. The van der Waals surface area contributed by atoms with Crippen molar-refractivity contribution in [3.8, 4) is 0 Å². The number of halogens is 3. The molecule has 0 radical (unpaired) electrons. The van der Waals surface area contributed by atoms with Crippen LogP contribution < -0.4 is 5.32 Å². The summed E-state index contributed by atoms with van der Waals surface area (Å²) in [5.74, 6) is -1.11. The van der Waals surface area contributed by atoms with E-state index in [4.69, 9.17) is 0 Å². The van der Waals surface area contributed by atoms with E-state index < -0.39 is 12.1 Å². The highest BCUT2D eigenvalue weighted by atomic mass is 19.4. The smallest absolute Gasteiger partial charge is 0.320 e. The molecule has 1 rings (SSSR count). The molecule has 1 saturated carbocycles. The van der Waals surface area contributed by atoms with E-state index in [-0.39, 0.29) is 5.92 Å². The van der Waals surface area contributed by atoms with Gasteiger partial charge in [0.15, 0.2) is 0 Å². The number of rotatable bonds is 3. The van der Waals surface area contributed by atoms with Crippen molar-refractivity contribution >= 4 is 0 Å². The summed E-state index contributed by atoms with van der Waals surface area (Å²) in [7, 11) is 1.75. The molecular weight excluding hydrogens is 155 g/mol. The molecule has 0 aromatic heterocycles. The average molecular weight is 167 g/mol. The molecule has 0 aromatic rings. The van der Waals surface area contributed by atoms with Crippen molar-refractivity contribution < 1.29 is 13.2 Å². The number of hydrogen-bond donors (Lipinski definition) is 1. The molecule has 2 atom stereocenters. The van der Waals surface area contributed by atoms with Crippen molar-refractivity contribution in [1.29, 1.82) is 0 Å². The molecule has 0 unspecified atom stereocenters. The molecule has 1 fully saturated rings. The zero-order chi connectivity index (χ0) is 8.48. The standard InChI is InChI=1S/C7H12F3N/c1-11-3-2-5-4-6(5)7(8,9)10/h5-6,11H,2-4H2,1H3/t5-,6-/m1/s1. The van der Waals surface area contributed by atoms with Gasteiger partial charge in [-0.05, 0) is 32.4 Å². The molecule has 0 heterocycles. The fraction of sp³-hybridized carbons (Fsp3) is 1.00. The molecule has 1 N–H and O–H groups in total. The molecule has 0 spiro atoms. The lowest BCUT2D eigenvalue weighted by atomic mass is 10.2. The number of nitrogens with one attached hydrogen (secondary N) is 1. The molecule has 4 heteroatoms.